The minimum absolute atomic E-state index is 0.217. The Bertz CT molecular complexity index is 887. The highest BCUT2D eigenvalue weighted by atomic mass is 32.1. The van der Waals surface area contributed by atoms with Crippen LogP contribution in [0.1, 0.15) is 42.0 Å². The van der Waals surface area contributed by atoms with Crippen molar-refractivity contribution in [1.29, 1.82) is 0 Å². The molecule has 2 N–H and O–H groups in total. The van der Waals surface area contributed by atoms with E-state index in [9.17, 15) is 4.79 Å². The van der Waals surface area contributed by atoms with Crippen molar-refractivity contribution in [3.05, 3.63) is 107 Å². The first-order valence-corrected chi connectivity index (χ1v) is 11.0. The van der Waals surface area contributed by atoms with Crippen molar-refractivity contribution in [2.45, 2.75) is 37.8 Å². The average Bonchev–Trinajstić information content (AvgIpc) is 2.82. The van der Waals surface area contributed by atoms with Crippen LogP contribution in [-0.2, 0) is 21.6 Å². The van der Waals surface area contributed by atoms with E-state index in [1.54, 1.807) is 0 Å². The topological polar surface area (TPSA) is 52.3 Å². The Balaban J connectivity index is 2.19. The number of aryl methyl sites for hydroxylation is 1. The van der Waals surface area contributed by atoms with Crippen molar-refractivity contribution in [3.8, 4) is 0 Å². The van der Waals surface area contributed by atoms with Gasteiger partial charge < -0.3 is 10.5 Å². The first kappa shape index (κ1) is 22.1. The quantitative estimate of drug-likeness (QED) is 0.287. The Hall–Kier alpha value is -2.56. The van der Waals surface area contributed by atoms with Crippen LogP contribution in [0.2, 0.25) is 0 Å². The maximum atomic E-state index is 12.9. The van der Waals surface area contributed by atoms with E-state index in [0.717, 1.165) is 36.0 Å². The number of carbonyl (C=O) groups excluding carboxylic acids is 1. The molecule has 0 saturated heterocycles. The summed E-state index contributed by atoms with van der Waals surface area (Å²) in [6.45, 7) is 2.19. The van der Waals surface area contributed by atoms with Gasteiger partial charge in [-0.05, 0) is 18.4 Å². The Morgan fingerprint density at radius 3 is 1.87 bits per heavy atom. The van der Waals surface area contributed by atoms with Gasteiger partial charge in [0, 0.05) is 22.4 Å². The summed E-state index contributed by atoms with van der Waals surface area (Å²) in [5, 5.41) is 0. The predicted octanol–water partition coefficient (Wildman–Crippen LogP) is 5.12. The summed E-state index contributed by atoms with van der Waals surface area (Å²) in [6, 6.07) is 27.2. The van der Waals surface area contributed by atoms with Gasteiger partial charge in [-0.2, -0.15) is 12.6 Å². The number of carbonyl (C=O) groups is 1. The third kappa shape index (κ3) is 4.77. The Morgan fingerprint density at radius 2 is 1.40 bits per heavy atom. The molecule has 3 aromatic rings. The van der Waals surface area contributed by atoms with Crippen molar-refractivity contribution in [3.63, 3.8) is 0 Å². The van der Waals surface area contributed by atoms with Gasteiger partial charge in [-0.3, -0.25) is 4.79 Å². The number of ether oxygens (including phenoxy) is 1. The fourth-order valence-corrected chi connectivity index (χ4v) is 3.76. The van der Waals surface area contributed by atoms with E-state index >= 15 is 0 Å². The zero-order chi connectivity index (χ0) is 21.4. The highest BCUT2D eigenvalue weighted by Gasteiger charge is 2.41. The van der Waals surface area contributed by atoms with Crippen LogP contribution in [0, 0.1) is 0 Å². The molecule has 0 aliphatic carbocycles. The molecule has 30 heavy (non-hydrogen) atoms. The summed E-state index contributed by atoms with van der Waals surface area (Å²) in [5.41, 5.74) is 8.80. The first-order chi connectivity index (χ1) is 14.6. The van der Waals surface area contributed by atoms with Gasteiger partial charge in [0.1, 0.15) is 6.04 Å². The Labute approximate surface area is 184 Å². The second kappa shape index (κ2) is 10.5. The van der Waals surface area contributed by atoms with Crippen LogP contribution in [0.4, 0.5) is 0 Å². The lowest BCUT2D eigenvalue weighted by Gasteiger charge is -2.36. The van der Waals surface area contributed by atoms with Gasteiger partial charge in [-0.1, -0.05) is 98.3 Å². The largest absolute Gasteiger partial charge is 0.443 e. The van der Waals surface area contributed by atoms with Crippen LogP contribution < -0.4 is 5.73 Å². The maximum Gasteiger partial charge on any atom is 0.325 e. The van der Waals surface area contributed by atoms with Gasteiger partial charge in [-0.15, -0.1) is 0 Å². The van der Waals surface area contributed by atoms with Gasteiger partial charge in [-0.25, -0.2) is 0 Å². The van der Waals surface area contributed by atoms with E-state index in [1.165, 1.54) is 5.56 Å². The van der Waals surface area contributed by atoms with E-state index in [4.69, 9.17) is 10.5 Å². The molecule has 4 heteroatoms. The molecule has 0 aliphatic rings. The number of benzene rings is 3. The molecular weight excluding hydrogens is 390 g/mol. The molecule has 0 fully saturated rings. The summed E-state index contributed by atoms with van der Waals surface area (Å²) in [6.07, 6.45) is 3.33. The summed E-state index contributed by atoms with van der Waals surface area (Å²) in [7, 11) is 0. The number of unbranched alkanes of at least 4 members (excludes halogenated alkanes) is 1. The van der Waals surface area contributed by atoms with Crippen molar-refractivity contribution < 1.29 is 9.53 Å². The van der Waals surface area contributed by atoms with Crippen LogP contribution in [-0.4, -0.2) is 17.8 Å². The lowest BCUT2D eigenvalue weighted by Crippen LogP contribution is -2.42. The van der Waals surface area contributed by atoms with Gasteiger partial charge >= 0.3 is 5.97 Å². The van der Waals surface area contributed by atoms with E-state index < -0.39 is 17.6 Å². The minimum atomic E-state index is -1.09. The molecule has 0 unspecified atom stereocenters. The van der Waals surface area contributed by atoms with Crippen molar-refractivity contribution >= 4 is 18.6 Å². The van der Waals surface area contributed by atoms with Gasteiger partial charge in [0.15, 0.2) is 5.60 Å². The molecule has 0 spiro atoms. The van der Waals surface area contributed by atoms with Crippen molar-refractivity contribution in [2.75, 3.05) is 5.75 Å². The van der Waals surface area contributed by atoms with Crippen molar-refractivity contribution in [1.82, 2.24) is 0 Å². The van der Waals surface area contributed by atoms with Crippen LogP contribution in [0.15, 0.2) is 84.9 Å². The molecule has 156 valence electrons. The summed E-state index contributed by atoms with van der Waals surface area (Å²) < 4.78 is 6.26. The molecule has 3 aromatic carbocycles. The van der Waals surface area contributed by atoms with Crippen LogP contribution in [0.3, 0.4) is 0 Å². The van der Waals surface area contributed by atoms with Crippen LogP contribution in [0.5, 0.6) is 0 Å². The highest BCUT2D eigenvalue weighted by Crippen LogP contribution is 2.41. The molecule has 3 nitrogen and oxygen atoms in total. The first-order valence-electron chi connectivity index (χ1n) is 10.4. The molecule has 0 heterocycles. The van der Waals surface area contributed by atoms with Crippen LogP contribution in [0.25, 0.3) is 0 Å². The zero-order valence-corrected chi connectivity index (χ0v) is 18.2. The van der Waals surface area contributed by atoms with E-state index in [2.05, 4.69) is 43.8 Å². The number of nitrogens with two attached hydrogens (primary N) is 1. The molecule has 0 radical (unpaired) electrons. The zero-order valence-electron chi connectivity index (χ0n) is 17.3. The fourth-order valence-electron chi connectivity index (χ4n) is 3.61. The lowest BCUT2D eigenvalue weighted by atomic mass is 9.79. The van der Waals surface area contributed by atoms with Gasteiger partial charge in [0.2, 0.25) is 0 Å². The normalized spacial score (nSPS) is 12.4. The molecule has 0 aliphatic heterocycles. The Morgan fingerprint density at radius 1 is 0.900 bits per heavy atom. The van der Waals surface area contributed by atoms with E-state index in [-0.39, 0.29) is 5.75 Å². The minimum Gasteiger partial charge on any atom is -0.443 e. The second-order valence-electron chi connectivity index (χ2n) is 7.42. The predicted molar refractivity (Wildman–Crippen MR) is 126 cm³/mol. The molecule has 0 bridgehead atoms. The second-order valence-corrected chi connectivity index (χ2v) is 7.79. The molecule has 0 aromatic heterocycles. The Kier molecular flexibility index (Phi) is 7.72. The standard InChI is InChI=1S/C26H29NO2S/c1-2-3-10-20-15-17-23(18-16-20)26(21-11-6-4-7-12-21,22-13-8-5-9-14-22)29-25(28)24(27)19-30/h4-9,11-18,24,30H,2-3,10,19,27H2,1H3/t24-/m1/s1. The van der Waals surface area contributed by atoms with Gasteiger partial charge in [0.25, 0.3) is 0 Å². The summed E-state index contributed by atoms with van der Waals surface area (Å²) >= 11 is 4.19. The van der Waals surface area contributed by atoms with Crippen LogP contribution >= 0.6 is 12.6 Å². The lowest BCUT2D eigenvalue weighted by molar-refractivity contribution is -0.154. The third-order valence-electron chi connectivity index (χ3n) is 5.29. The molecule has 0 saturated carbocycles. The smallest absolute Gasteiger partial charge is 0.325 e. The summed E-state index contributed by atoms with van der Waals surface area (Å²) in [4.78, 5) is 12.9. The highest BCUT2D eigenvalue weighted by molar-refractivity contribution is 7.80. The maximum absolute atomic E-state index is 12.9. The van der Waals surface area contributed by atoms with Crippen molar-refractivity contribution in [2.24, 2.45) is 5.73 Å². The SMILES string of the molecule is CCCCc1ccc(C(OC(=O)[C@H](N)CS)(c2ccccc2)c2ccccc2)cc1. The number of hydrogen-bond acceptors (Lipinski definition) is 4. The average molecular weight is 420 g/mol. The number of thiol groups is 1. The van der Waals surface area contributed by atoms with E-state index in [1.807, 2.05) is 60.7 Å². The number of rotatable bonds is 9. The molecule has 1 atom stereocenters. The monoisotopic (exact) mass is 419 g/mol. The molecule has 0 amide bonds. The number of hydrogen-bond donors (Lipinski definition) is 2. The van der Waals surface area contributed by atoms with E-state index in [0.29, 0.717) is 0 Å². The number of esters is 1. The third-order valence-corrected chi connectivity index (χ3v) is 5.69. The molecule has 3 rings (SSSR count). The molecular formula is C26H29NO2S. The summed E-state index contributed by atoms with van der Waals surface area (Å²) in [5.74, 6) is -0.262. The van der Waals surface area contributed by atoms with Gasteiger partial charge in [0.05, 0.1) is 0 Å². The fraction of sp³-hybridized carbons (Fsp3) is 0.269.